The van der Waals surface area contributed by atoms with Crippen molar-refractivity contribution in [3.05, 3.63) is 63.7 Å². The van der Waals surface area contributed by atoms with Crippen LogP contribution in [0.3, 0.4) is 0 Å². The molecule has 3 aromatic rings. The number of aromatic nitrogens is 2. The Kier molecular flexibility index (Phi) is 8.50. The second-order valence-corrected chi connectivity index (χ2v) is 8.34. The lowest BCUT2D eigenvalue weighted by molar-refractivity contribution is -0.138. The number of methoxy groups -OCH3 is 1. The Morgan fingerprint density at radius 1 is 1.11 bits per heavy atom. The van der Waals surface area contributed by atoms with Crippen molar-refractivity contribution in [3.63, 3.8) is 0 Å². The van der Waals surface area contributed by atoms with Gasteiger partial charge in [0.25, 0.3) is 5.91 Å². The lowest BCUT2D eigenvalue weighted by Crippen LogP contribution is -2.13. The smallest absolute Gasteiger partial charge is 0.445 e. The largest absolute Gasteiger partial charge is 0.493 e. The highest BCUT2D eigenvalue weighted by Gasteiger charge is 2.35. The number of halogens is 3. The molecule has 3 rings (SSSR count). The average Bonchev–Trinajstić information content (AvgIpc) is 3.31. The number of nitriles is 1. The molecule has 2 aromatic carbocycles. The molecule has 0 radical (unpaired) electrons. The van der Waals surface area contributed by atoms with E-state index in [9.17, 15) is 23.2 Å². The number of alkyl halides is 3. The molecule has 0 aliphatic carbocycles. The number of aryl methyl sites for hydroxylation is 2. The number of para-hydroxylation sites is 1. The minimum Gasteiger partial charge on any atom is -0.493 e. The van der Waals surface area contributed by atoms with Crippen LogP contribution in [-0.4, -0.2) is 36.4 Å². The summed E-state index contributed by atoms with van der Waals surface area (Å²) in [4.78, 5) is 12.4. The van der Waals surface area contributed by atoms with Crippen molar-refractivity contribution >= 4 is 28.5 Å². The molecule has 0 saturated heterocycles. The zero-order chi connectivity index (χ0) is 26.3. The molecule has 0 atom stereocenters. The van der Waals surface area contributed by atoms with Crippen LogP contribution < -0.4 is 19.5 Å². The Morgan fingerprint density at radius 2 is 1.81 bits per heavy atom. The fourth-order valence-electron chi connectivity index (χ4n) is 3.08. The molecule has 0 bridgehead atoms. The van der Waals surface area contributed by atoms with E-state index in [1.807, 2.05) is 32.0 Å². The van der Waals surface area contributed by atoms with Gasteiger partial charge in [-0.3, -0.25) is 10.1 Å². The quantitative estimate of drug-likeness (QED) is 0.236. The molecule has 1 heterocycles. The molecule has 36 heavy (non-hydrogen) atoms. The summed E-state index contributed by atoms with van der Waals surface area (Å²) in [5.41, 5.74) is 2.13. The van der Waals surface area contributed by atoms with Gasteiger partial charge in [0.1, 0.15) is 30.6 Å². The number of rotatable bonds is 9. The van der Waals surface area contributed by atoms with Gasteiger partial charge in [-0.1, -0.05) is 35.6 Å². The van der Waals surface area contributed by atoms with Gasteiger partial charge in [-0.05, 0) is 48.7 Å². The molecule has 0 fully saturated rings. The summed E-state index contributed by atoms with van der Waals surface area (Å²) in [5, 5.41) is 16.2. The van der Waals surface area contributed by atoms with Gasteiger partial charge in [-0.25, -0.2) is 0 Å². The van der Waals surface area contributed by atoms with E-state index in [4.69, 9.17) is 14.2 Å². The van der Waals surface area contributed by atoms with Gasteiger partial charge in [-0.2, -0.15) is 18.4 Å². The van der Waals surface area contributed by atoms with Crippen LogP contribution in [0, 0.1) is 25.2 Å². The van der Waals surface area contributed by atoms with Crippen molar-refractivity contribution in [1.82, 2.24) is 10.2 Å². The lowest BCUT2D eigenvalue weighted by Gasteiger charge is -2.14. The van der Waals surface area contributed by atoms with E-state index in [-0.39, 0.29) is 28.6 Å². The minimum atomic E-state index is -4.68. The van der Waals surface area contributed by atoms with E-state index < -0.39 is 17.1 Å². The van der Waals surface area contributed by atoms with E-state index in [0.29, 0.717) is 23.7 Å². The summed E-state index contributed by atoms with van der Waals surface area (Å²) in [6, 6.07) is 12.4. The second-order valence-electron chi connectivity index (χ2n) is 7.36. The highest BCUT2D eigenvalue weighted by molar-refractivity contribution is 7.15. The summed E-state index contributed by atoms with van der Waals surface area (Å²) in [6.45, 7) is 4.47. The third-order valence-electron chi connectivity index (χ3n) is 4.75. The van der Waals surface area contributed by atoms with Gasteiger partial charge in [0.05, 0.1) is 7.11 Å². The van der Waals surface area contributed by atoms with Gasteiger partial charge < -0.3 is 14.2 Å². The zero-order valence-electron chi connectivity index (χ0n) is 19.5. The first-order valence-corrected chi connectivity index (χ1v) is 11.3. The van der Waals surface area contributed by atoms with E-state index >= 15 is 0 Å². The molecule has 8 nitrogen and oxygen atoms in total. The summed E-state index contributed by atoms with van der Waals surface area (Å²) in [5.74, 6) is 0.660. The normalized spacial score (nSPS) is 11.5. The number of hydrogen-bond donors (Lipinski definition) is 1. The fourth-order valence-corrected chi connectivity index (χ4v) is 3.69. The number of ether oxygens (including phenoxy) is 3. The van der Waals surface area contributed by atoms with Crippen LogP contribution in [-0.2, 0) is 11.0 Å². The first-order valence-electron chi connectivity index (χ1n) is 10.5. The molecule has 0 saturated carbocycles. The molecule has 1 amide bonds. The predicted octanol–water partition coefficient (Wildman–Crippen LogP) is 5.19. The fraction of sp³-hybridized carbons (Fsp3) is 0.250. The van der Waals surface area contributed by atoms with Crippen molar-refractivity contribution in [3.8, 4) is 23.3 Å². The number of carbonyl (C=O) groups is 1. The number of amides is 1. The molecule has 1 N–H and O–H groups in total. The van der Waals surface area contributed by atoms with Crippen LogP contribution in [0.15, 0.2) is 42.0 Å². The number of carbonyl (C=O) groups excluding carboxylic acids is 1. The van der Waals surface area contributed by atoms with Crippen LogP contribution in [0.25, 0.3) is 6.08 Å². The van der Waals surface area contributed by atoms with Gasteiger partial charge >= 0.3 is 6.18 Å². The average molecular weight is 519 g/mol. The van der Waals surface area contributed by atoms with Crippen molar-refractivity contribution in [2.24, 2.45) is 0 Å². The molecule has 188 valence electrons. The van der Waals surface area contributed by atoms with Crippen LogP contribution in [0.4, 0.5) is 18.3 Å². The SMILES string of the molecule is COc1cc(C=C(C#N)C(=O)Nc2nnc(C(F)(F)F)s2)ccc1OCCOc1c(C)cccc1C. The molecule has 0 unspecified atom stereocenters. The highest BCUT2D eigenvalue weighted by Crippen LogP contribution is 2.33. The maximum atomic E-state index is 12.7. The highest BCUT2D eigenvalue weighted by atomic mass is 32.1. The van der Waals surface area contributed by atoms with Gasteiger partial charge in [-0.15, -0.1) is 10.2 Å². The molecular weight excluding hydrogens is 497 g/mol. The Morgan fingerprint density at radius 3 is 2.42 bits per heavy atom. The van der Waals surface area contributed by atoms with E-state index in [1.54, 1.807) is 24.3 Å². The Hall–Kier alpha value is -4.11. The summed E-state index contributed by atoms with van der Waals surface area (Å²) < 4.78 is 54.9. The molecule has 0 spiro atoms. The van der Waals surface area contributed by atoms with E-state index in [0.717, 1.165) is 16.9 Å². The molecule has 12 heteroatoms. The monoisotopic (exact) mass is 518 g/mol. The Bertz CT molecular complexity index is 1300. The van der Waals surface area contributed by atoms with Crippen LogP contribution >= 0.6 is 11.3 Å². The van der Waals surface area contributed by atoms with Crippen molar-refractivity contribution in [1.29, 1.82) is 5.26 Å². The first kappa shape index (κ1) is 26.5. The molecule has 0 aliphatic rings. The minimum absolute atomic E-state index is 0.157. The third kappa shape index (κ3) is 6.73. The van der Waals surface area contributed by atoms with Crippen LogP contribution in [0.5, 0.6) is 17.2 Å². The van der Waals surface area contributed by atoms with Crippen molar-refractivity contribution in [2.75, 3.05) is 25.6 Å². The van der Waals surface area contributed by atoms with Crippen LogP contribution in [0.1, 0.15) is 21.7 Å². The van der Waals surface area contributed by atoms with Crippen molar-refractivity contribution in [2.45, 2.75) is 20.0 Å². The predicted molar refractivity (Wildman–Crippen MR) is 127 cm³/mol. The molecule has 0 aliphatic heterocycles. The lowest BCUT2D eigenvalue weighted by atomic mass is 10.1. The standard InChI is InChI=1S/C24H21F3N4O4S/c1-14-5-4-6-15(2)20(14)35-10-9-34-18-8-7-16(12-19(18)33-3)11-17(13-28)21(32)29-23-31-30-22(36-23)24(25,26)27/h4-8,11-12H,9-10H2,1-3H3,(H,29,31,32). The Labute approximate surface area is 208 Å². The topological polar surface area (TPSA) is 106 Å². The first-order chi connectivity index (χ1) is 17.1. The number of hydrogen-bond acceptors (Lipinski definition) is 8. The maximum Gasteiger partial charge on any atom is 0.445 e. The Balaban J connectivity index is 1.65. The zero-order valence-corrected chi connectivity index (χ0v) is 20.3. The summed E-state index contributed by atoms with van der Waals surface area (Å²) in [7, 11) is 1.44. The van der Waals surface area contributed by atoms with Crippen molar-refractivity contribution < 1.29 is 32.2 Å². The maximum absolute atomic E-state index is 12.7. The molecular formula is C24H21F3N4O4S. The van der Waals surface area contributed by atoms with Crippen LogP contribution in [0.2, 0.25) is 0 Å². The number of benzene rings is 2. The number of anilines is 1. The molecule has 1 aromatic heterocycles. The van der Waals surface area contributed by atoms with Gasteiger partial charge in [0.2, 0.25) is 10.1 Å². The second kappa shape index (κ2) is 11.5. The summed E-state index contributed by atoms with van der Waals surface area (Å²) >= 11 is 0.157. The number of nitrogens with one attached hydrogen (secondary N) is 1. The number of nitrogens with zero attached hydrogens (tertiary/aromatic N) is 3. The third-order valence-corrected chi connectivity index (χ3v) is 5.63. The summed E-state index contributed by atoms with van der Waals surface area (Å²) in [6.07, 6.45) is -3.42. The van der Waals surface area contributed by atoms with E-state index in [2.05, 4.69) is 15.5 Å². The van der Waals surface area contributed by atoms with E-state index in [1.165, 1.54) is 13.2 Å². The van der Waals surface area contributed by atoms with Gasteiger partial charge in [0.15, 0.2) is 11.5 Å². The van der Waals surface area contributed by atoms with Gasteiger partial charge in [0, 0.05) is 0 Å².